The lowest BCUT2D eigenvalue weighted by Crippen LogP contribution is -2.53. The van der Waals surface area contributed by atoms with Gasteiger partial charge in [-0.1, -0.05) is 58.9 Å². The fraction of sp³-hybridized carbons (Fsp3) is 0.560. The highest BCUT2D eigenvalue weighted by Crippen LogP contribution is 2.32. The number of carbonyl (C=O) groups is 2. The van der Waals surface area contributed by atoms with Crippen LogP contribution in [0.4, 0.5) is 0 Å². The van der Waals surface area contributed by atoms with Crippen LogP contribution in [0.2, 0.25) is 0 Å². The Labute approximate surface area is 191 Å². The number of nitrogens with one attached hydrogen (secondary N) is 2. The van der Waals surface area contributed by atoms with Crippen molar-refractivity contribution < 1.29 is 9.59 Å². The molecule has 0 aliphatic carbocycles. The first-order chi connectivity index (χ1) is 15.0. The normalized spacial score (nSPS) is 15.8. The van der Waals surface area contributed by atoms with Crippen LogP contribution in [0.1, 0.15) is 68.7 Å². The summed E-state index contributed by atoms with van der Waals surface area (Å²) in [4.78, 5) is 33.1. The Bertz CT molecular complexity index is 987. The number of hydrogen-bond acceptors (Lipinski definition) is 4. The quantitative estimate of drug-likeness (QED) is 0.748. The molecule has 1 aromatic carbocycles. The molecule has 1 aliphatic heterocycles. The maximum Gasteiger partial charge on any atom is 0.272 e. The molecule has 0 spiro atoms. The summed E-state index contributed by atoms with van der Waals surface area (Å²) < 4.78 is 2.20. The van der Waals surface area contributed by atoms with E-state index in [1.807, 2.05) is 32.9 Å². The van der Waals surface area contributed by atoms with Crippen LogP contribution in [0.15, 0.2) is 24.3 Å². The van der Waals surface area contributed by atoms with Gasteiger partial charge in [-0.15, -0.1) is 0 Å². The van der Waals surface area contributed by atoms with Crippen molar-refractivity contribution in [1.29, 1.82) is 0 Å². The van der Waals surface area contributed by atoms with Gasteiger partial charge in [0.1, 0.15) is 11.9 Å². The van der Waals surface area contributed by atoms with Crippen molar-refractivity contribution in [2.24, 2.45) is 5.41 Å². The maximum atomic E-state index is 13.5. The van der Waals surface area contributed by atoms with Gasteiger partial charge in [0.2, 0.25) is 5.91 Å². The molecule has 1 aliphatic rings. The second kappa shape index (κ2) is 9.45. The summed E-state index contributed by atoms with van der Waals surface area (Å²) in [6.07, 6.45) is 0.987. The van der Waals surface area contributed by atoms with E-state index in [1.165, 1.54) is 5.56 Å². The van der Waals surface area contributed by atoms with Gasteiger partial charge in [0, 0.05) is 25.7 Å². The Kier molecular flexibility index (Phi) is 7.08. The predicted octanol–water partition coefficient (Wildman–Crippen LogP) is 3.40. The van der Waals surface area contributed by atoms with Crippen LogP contribution < -0.4 is 10.6 Å². The van der Waals surface area contributed by atoms with E-state index in [2.05, 4.69) is 53.1 Å². The number of fused-ring (bicyclic) bond motifs is 1. The van der Waals surface area contributed by atoms with Gasteiger partial charge in [0.05, 0.1) is 5.69 Å². The van der Waals surface area contributed by atoms with Crippen LogP contribution in [0, 0.1) is 5.41 Å². The Morgan fingerprint density at radius 1 is 1.12 bits per heavy atom. The van der Waals surface area contributed by atoms with E-state index in [4.69, 9.17) is 4.98 Å². The van der Waals surface area contributed by atoms with Gasteiger partial charge >= 0.3 is 0 Å². The molecule has 2 amide bonds. The molecule has 1 atom stereocenters. The van der Waals surface area contributed by atoms with Crippen molar-refractivity contribution in [3.63, 3.8) is 0 Å². The summed E-state index contributed by atoms with van der Waals surface area (Å²) in [5.41, 5.74) is 3.15. The zero-order valence-corrected chi connectivity index (χ0v) is 20.5. The molecule has 2 heterocycles. The third kappa shape index (κ3) is 4.88. The summed E-state index contributed by atoms with van der Waals surface area (Å²) in [6, 6.07) is 7.62. The molecule has 2 aromatic rings. The van der Waals surface area contributed by atoms with E-state index in [-0.39, 0.29) is 11.8 Å². The van der Waals surface area contributed by atoms with Crippen LogP contribution in [0.5, 0.6) is 0 Å². The van der Waals surface area contributed by atoms with Crippen molar-refractivity contribution in [2.45, 2.75) is 66.1 Å². The van der Waals surface area contributed by atoms with E-state index in [0.717, 1.165) is 36.6 Å². The third-order valence-electron chi connectivity index (χ3n) is 6.10. The molecule has 7 nitrogen and oxygen atoms in total. The second-order valence-electron chi connectivity index (χ2n) is 10.1. The van der Waals surface area contributed by atoms with Crippen LogP contribution >= 0.6 is 0 Å². The third-order valence-corrected chi connectivity index (χ3v) is 6.10. The SMILES string of the molecule is CNC(=O)C(NC(=O)c1nc(-c2ccccc2C(C)C)n2c1CN(C)CCC2)C(C)(C)C. The highest BCUT2D eigenvalue weighted by atomic mass is 16.2. The van der Waals surface area contributed by atoms with Crippen molar-refractivity contribution >= 4 is 11.8 Å². The highest BCUT2D eigenvalue weighted by Gasteiger charge is 2.34. The number of aromatic nitrogens is 2. The Balaban J connectivity index is 2.11. The number of nitrogens with zero attached hydrogens (tertiary/aromatic N) is 3. The van der Waals surface area contributed by atoms with Crippen molar-refractivity contribution in [3.05, 3.63) is 41.2 Å². The number of rotatable bonds is 5. The lowest BCUT2D eigenvalue weighted by atomic mass is 9.86. The molecule has 1 aromatic heterocycles. The lowest BCUT2D eigenvalue weighted by molar-refractivity contribution is -0.124. The lowest BCUT2D eigenvalue weighted by Gasteiger charge is -2.29. The minimum Gasteiger partial charge on any atom is -0.357 e. The minimum atomic E-state index is -0.660. The average molecular weight is 440 g/mol. The molecule has 2 N–H and O–H groups in total. The van der Waals surface area contributed by atoms with E-state index in [0.29, 0.717) is 18.2 Å². The van der Waals surface area contributed by atoms with Gasteiger partial charge in [0.15, 0.2) is 5.69 Å². The largest absolute Gasteiger partial charge is 0.357 e. The van der Waals surface area contributed by atoms with Gasteiger partial charge in [0.25, 0.3) is 5.91 Å². The number of likely N-dealkylation sites (N-methyl/N-ethyl adjacent to an activating group) is 1. The first kappa shape index (κ1) is 24.0. The molecule has 0 fully saturated rings. The number of amides is 2. The van der Waals surface area contributed by atoms with E-state index in [1.54, 1.807) is 7.05 Å². The monoisotopic (exact) mass is 439 g/mol. The molecular formula is C25H37N5O2. The minimum absolute atomic E-state index is 0.210. The van der Waals surface area contributed by atoms with Crippen LogP contribution in [0.25, 0.3) is 11.4 Å². The number of carbonyl (C=O) groups excluding carboxylic acids is 2. The van der Waals surface area contributed by atoms with Gasteiger partial charge in [-0.05, 0) is 36.9 Å². The van der Waals surface area contributed by atoms with Gasteiger partial charge < -0.3 is 20.1 Å². The standard InChI is InChI=1S/C25H37N5O2/c1-16(2)17-11-8-9-12-18(17)22-27-20(19-15-29(7)13-10-14-30(19)22)23(31)28-21(24(32)26-6)25(3,4)5/h8-9,11-12,16,21H,10,13-15H2,1-7H3,(H,26,32)(H,28,31). The molecule has 3 rings (SSSR count). The molecule has 0 bridgehead atoms. The Hall–Kier alpha value is -2.67. The van der Waals surface area contributed by atoms with Gasteiger partial charge in [-0.3, -0.25) is 9.59 Å². The van der Waals surface area contributed by atoms with Crippen molar-refractivity contribution in [2.75, 3.05) is 20.6 Å². The van der Waals surface area contributed by atoms with E-state index in [9.17, 15) is 9.59 Å². The zero-order chi connectivity index (χ0) is 23.6. The molecular weight excluding hydrogens is 402 g/mol. The zero-order valence-electron chi connectivity index (χ0n) is 20.5. The number of hydrogen-bond donors (Lipinski definition) is 2. The van der Waals surface area contributed by atoms with E-state index >= 15 is 0 Å². The summed E-state index contributed by atoms with van der Waals surface area (Å²) >= 11 is 0. The van der Waals surface area contributed by atoms with Crippen LogP contribution in [-0.2, 0) is 17.9 Å². The molecule has 0 saturated heterocycles. The summed E-state index contributed by atoms with van der Waals surface area (Å²) in [5, 5.41) is 5.64. The Morgan fingerprint density at radius 2 is 1.81 bits per heavy atom. The van der Waals surface area contributed by atoms with Crippen LogP contribution in [-0.4, -0.2) is 52.9 Å². The fourth-order valence-corrected chi connectivity index (χ4v) is 4.33. The molecule has 0 saturated carbocycles. The molecule has 7 heteroatoms. The topological polar surface area (TPSA) is 79.3 Å². The molecule has 32 heavy (non-hydrogen) atoms. The fourth-order valence-electron chi connectivity index (χ4n) is 4.33. The molecule has 1 unspecified atom stereocenters. The Morgan fingerprint density at radius 3 is 2.44 bits per heavy atom. The summed E-state index contributed by atoms with van der Waals surface area (Å²) in [5.74, 6) is 0.653. The van der Waals surface area contributed by atoms with Crippen molar-refractivity contribution in [1.82, 2.24) is 25.1 Å². The maximum absolute atomic E-state index is 13.5. The second-order valence-corrected chi connectivity index (χ2v) is 10.1. The van der Waals surface area contributed by atoms with Crippen LogP contribution in [0.3, 0.4) is 0 Å². The summed E-state index contributed by atoms with van der Waals surface area (Å²) in [7, 11) is 3.65. The predicted molar refractivity (Wildman–Crippen MR) is 127 cm³/mol. The van der Waals surface area contributed by atoms with Gasteiger partial charge in [-0.2, -0.15) is 0 Å². The first-order valence-electron chi connectivity index (χ1n) is 11.4. The molecule has 174 valence electrons. The van der Waals surface area contributed by atoms with Crippen molar-refractivity contribution in [3.8, 4) is 11.4 Å². The number of benzene rings is 1. The average Bonchev–Trinajstić information content (AvgIpc) is 2.96. The number of imidazole rings is 1. The molecule has 0 radical (unpaired) electrons. The van der Waals surface area contributed by atoms with Gasteiger partial charge in [-0.25, -0.2) is 4.98 Å². The van der Waals surface area contributed by atoms with E-state index < -0.39 is 11.5 Å². The summed E-state index contributed by atoms with van der Waals surface area (Å²) in [6.45, 7) is 12.6. The highest BCUT2D eigenvalue weighted by molar-refractivity contribution is 5.98. The first-order valence-corrected chi connectivity index (χ1v) is 11.4. The smallest absolute Gasteiger partial charge is 0.272 e.